The molecule has 0 saturated carbocycles. The minimum atomic E-state index is -3.39. The van der Waals surface area contributed by atoms with Gasteiger partial charge in [0, 0.05) is 18.7 Å². The van der Waals surface area contributed by atoms with E-state index in [1.165, 1.54) is 13.0 Å². The number of sulfone groups is 1. The van der Waals surface area contributed by atoms with Crippen LogP contribution in [-0.4, -0.2) is 31.1 Å². The molecule has 3 nitrogen and oxygen atoms in total. The summed E-state index contributed by atoms with van der Waals surface area (Å²) in [5.41, 5.74) is 0.0920. The number of halogens is 2. The van der Waals surface area contributed by atoms with E-state index in [1.807, 2.05) is 0 Å². The Balaban J connectivity index is 2.85. The predicted octanol–water partition coefficient (Wildman–Crippen LogP) is 1.30. The minimum Gasteiger partial charge on any atom is -0.391 e. The van der Waals surface area contributed by atoms with Crippen molar-refractivity contribution in [2.45, 2.75) is 24.7 Å². The van der Waals surface area contributed by atoms with Gasteiger partial charge in [0.15, 0.2) is 9.84 Å². The Morgan fingerprint density at radius 3 is 2.41 bits per heavy atom. The van der Waals surface area contributed by atoms with Gasteiger partial charge in [-0.15, -0.1) is 0 Å². The van der Waals surface area contributed by atoms with Crippen molar-refractivity contribution in [1.29, 1.82) is 0 Å². The van der Waals surface area contributed by atoms with Crippen molar-refractivity contribution in [2.75, 3.05) is 6.26 Å². The van der Waals surface area contributed by atoms with Crippen LogP contribution in [0.3, 0.4) is 0 Å². The van der Waals surface area contributed by atoms with Gasteiger partial charge < -0.3 is 5.11 Å². The van der Waals surface area contributed by atoms with Crippen molar-refractivity contribution < 1.29 is 22.3 Å². The Bertz CT molecular complexity index is 499. The summed E-state index contributed by atoms with van der Waals surface area (Å²) < 4.78 is 48.3. The molecule has 1 rings (SSSR count). The molecule has 0 aliphatic carbocycles. The van der Waals surface area contributed by atoms with Crippen LogP contribution >= 0.6 is 0 Å². The second-order valence-electron chi connectivity index (χ2n) is 4.04. The van der Waals surface area contributed by atoms with Crippen molar-refractivity contribution in [2.24, 2.45) is 0 Å². The van der Waals surface area contributed by atoms with E-state index in [4.69, 9.17) is 0 Å². The van der Waals surface area contributed by atoms with Gasteiger partial charge in [0.05, 0.1) is 11.4 Å². The Kier molecular flexibility index (Phi) is 4.21. The van der Waals surface area contributed by atoms with Crippen LogP contribution in [0.5, 0.6) is 0 Å². The van der Waals surface area contributed by atoms with Crippen LogP contribution < -0.4 is 0 Å². The first-order valence-electron chi connectivity index (χ1n) is 5.02. The quantitative estimate of drug-likeness (QED) is 0.892. The molecule has 0 bridgehead atoms. The van der Waals surface area contributed by atoms with Gasteiger partial charge in [-0.1, -0.05) is 6.07 Å². The lowest BCUT2D eigenvalue weighted by Gasteiger charge is -2.17. The van der Waals surface area contributed by atoms with E-state index < -0.39 is 32.8 Å². The van der Waals surface area contributed by atoms with Crippen molar-refractivity contribution >= 4 is 9.84 Å². The summed E-state index contributed by atoms with van der Waals surface area (Å²) in [6.07, 6.45) is -0.382. The molecule has 1 aromatic rings. The van der Waals surface area contributed by atoms with Gasteiger partial charge in [0.2, 0.25) is 0 Å². The highest BCUT2D eigenvalue weighted by Crippen LogP contribution is 2.15. The summed E-state index contributed by atoms with van der Waals surface area (Å²) in [5.74, 6) is -1.50. The molecule has 0 radical (unpaired) electrons. The molecule has 1 N–H and O–H groups in total. The monoisotopic (exact) mass is 264 g/mol. The summed E-state index contributed by atoms with van der Waals surface area (Å²) >= 11 is 0. The average molecular weight is 264 g/mol. The Morgan fingerprint density at radius 1 is 1.35 bits per heavy atom. The number of hydrogen-bond donors (Lipinski definition) is 1. The van der Waals surface area contributed by atoms with Crippen LogP contribution in [0.1, 0.15) is 12.5 Å². The second-order valence-corrected chi connectivity index (χ2v) is 6.44. The van der Waals surface area contributed by atoms with E-state index in [-0.39, 0.29) is 12.0 Å². The zero-order valence-electron chi connectivity index (χ0n) is 9.52. The molecule has 0 spiro atoms. The molecule has 2 atom stereocenters. The molecule has 6 heteroatoms. The molecular formula is C11H14F2O3S. The fourth-order valence-electron chi connectivity index (χ4n) is 1.36. The molecule has 96 valence electrons. The lowest BCUT2D eigenvalue weighted by atomic mass is 10.1. The lowest BCUT2D eigenvalue weighted by Crippen LogP contribution is -2.32. The van der Waals surface area contributed by atoms with E-state index in [0.29, 0.717) is 6.07 Å². The molecule has 0 saturated heterocycles. The maximum Gasteiger partial charge on any atom is 0.152 e. The molecule has 0 aromatic heterocycles. The molecule has 0 heterocycles. The molecule has 17 heavy (non-hydrogen) atoms. The minimum absolute atomic E-state index is 0.0920. The standard InChI is InChI=1S/C11H14F2O3S/c1-7(17(2,15)16)11(14)5-8-3-4-9(12)6-10(8)13/h3-4,6-7,11,14H,5H2,1-2H3. The highest BCUT2D eigenvalue weighted by Gasteiger charge is 2.25. The molecule has 0 amide bonds. The first-order valence-corrected chi connectivity index (χ1v) is 6.98. The normalized spacial score (nSPS) is 15.6. The largest absolute Gasteiger partial charge is 0.391 e. The number of benzene rings is 1. The van der Waals surface area contributed by atoms with Gasteiger partial charge in [0.1, 0.15) is 11.6 Å². The van der Waals surface area contributed by atoms with E-state index in [0.717, 1.165) is 12.3 Å². The maximum atomic E-state index is 13.3. The molecule has 0 aliphatic rings. The summed E-state index contributed by atoms with van der Waals surface area (Å²) in [4.78, 5) is 0. The summed E-state index contributed by atoms with van der Waals surface area (Å²) in [6.45, 7) is 1.35. The third-order valence-electron chi connectivity index (χ3n) is 2.66. The van der Waals surface area contributed by atoms with Crippen molar-refractivity contribution in [3.05, 3.63) is 35.4 Å². The molecule has 0 fully saturated rings. The molecular weight excluding hydrogens is 250 g/mol. The van der Waals surface area contributed by atoms with Crippen LogP contribution in [0.2, 0.25) is 0 Å². The third-order valence-corrected chi connectivity index (χ3v) is 4.33. The number of rotatable bonds is 4. The second kappa shape index (κ2) is 5.10. The van der Waals surface area contributed by atoms with Crippen LogP contribution in [0.25, 0.3) is 0 Å². The van der Waals surface area contributed by atoms with Crippen molar-refractivity contribution in [3.63, 3.8) is 0 Å². The molecule has 1 aromatic carbocycles. The maximum absolute atomic E-state index is 13.3. The Labute approximate surface area is 99.0 Å². The fourth-order valence-corrected chi connectivity index (χ4v) is 2.03. The number of hydrogen-bond acceptors (Lipinski definition) is 3. The third kappa shape index (κ3) is 3.74. The summed E-state index contributed by atoms with van der Waals surface area (Å²) in [7, 11) is -3.39. The van der Waals surface area contributed by atoms with Crippen LogP contribution in [0, 0.1) is 11.6 Å². The van der Waals surface area contributed by atoms with Gasteiger partial charge in [-0.25, -0.2) is 17.2 Å². The number of aliphatic hydroxyl groups excluding tert-OH is 1. The smallest absolute Gasteiger partial charge is 0.152 e. The first-order chi connectivity index (χ1) is 7.71. The van der Waals surface area contributed by atoms with E-state index >= 15 is 0 Å². The SMILES string of the molecule is CC(C(O)Cc1ccc(F)cc1F)S(C)(=O)=O. The van der Waals surface area contributed by atoms with Crippen LogP contribution in [0.4, 0.5) is 8.78 Å². The lowest BCUT2D eigenvalue weighted by molar-refractivity contribution is 0.172. The average Bonchev–Trinajstić information content (AvgIpc) is 2.19. The zero-order chi connectivity index (χ0) is 13.2. The Hall–Kier alpha value is -1.01. The van der Waals surface area contributed by atoms with Gasteiger partial charge in [-0.3, -0.25) is 0 Å². The molecule has 2 unspecified atom stereocenters. The fraction of sp³-hybridized carbons (Fsp3) is 0.455. The van der Waals surface area contributed by atoms with Gasteiger partial charge in [0.25, 0.3) is 0 Å². The highest BCUT2D eigenvalue weighted by molar-refractivity contribution is 7.91. The van der Waals surface area contributed by atoms with E-state index in [9.17, 15) is 22.3 Å². The number of aliphatic hydroxyl groups is 1. The summed E-state index contributed by atoms with van der Waals surface area (Å²) in [5, 5.41) is 8.67. The van der Waals surface area contributed by atoms with Gasteiger partial charge in [-0.2, -0.15) is 0 Å². The summed E-state index contributed by atoms with van der Waals surface area (Å²) in [6, 6.07) is 2.96. The molecule has 0 aliphatic heterocycles. The van der Waals surface area contributed by atoms with Crippen LogP contribution in [0.15, 0.2) is 18.2 Å². The van der Waals surface area contributed by atoms with E-state index in [1.54, 1.807) is 0 Å². The topological polar surface area (TPSA) is 54.4 Å². The zero-order valence-corrected chi connectivity index (χ0v) is 10.3. The Morgan fingerprint density at radius 2 is 1.94 bits per heavy atom. The first kappa shape index (κ1) is 14.1. The highest BCUT2D eigenvalue weighted by atomic mass is 32.2. The predicted molar refractivity (Wildman–Crippen MR) is 60.4 cm³/mol. The van der Waals surface area contributed by atoms with Crippen molar-refractivity contribution in [1.82, 2.24) is 0 Å². The van der Waals surface area contributed by atoms with Crippen molar-refractivity contribution in [3.8, 4) is 0 Å². The van der Waals surface area contributed by atoms with Gasteiger partial charge in [-0.05, 0) is 18.6 Å². The van der Waals surface area contributed by atoms with E-state index in [2.05, 4.69) is 0 Å². The van der Waals surface area contributed by atoms with Gasteiger partial charge >= 0.3 is 0 Å². The van der Waals surface area contributed by atoms with Crippen LogP contribution in [-0.2, 0) is 16.3 Å².